The van der Waals surface area contributed by atoms with Crippen LogP contribution in [0.1, 0.15) is 19.4 Å². The highest BCUT2D eigenvalue weighted by molar-refractivity contribution is 7.22. The molecule has 0 aliphatic rings. The molecule has 2 N–H and O–H groups in total. The molecule has 0 radical (unpaired) electrons. The van der Waals surface area contributed by atoms with E-state index in [-0.39, 0.29) is 5.91 Å². The number of carbonyl (C=O) groups excluding carboxylic acids is 2. The largest absolute Gasteiger partial charge is 0.546 e. The van der Waals surface area contributed by atoms with Crippen LogP contribution in [-0.4, -0.2) is 35.2 Å². The molecule has 9 heteroatoms. The summed E-state index contributed by atoms with van der Waals surface area (Å²) in [5.74, 6) is -1.24. The van der Waals surface area contributed by atoms with Crippen molar-refractivity contribution in [3.05, 3.63) is 54.1 Å². The average Bonchev–Trinajstić information content (AvgIpc) is 3.12. The highest BCUT2D eigenvalue weighted by Gasteiger charge is 2.14. The number of thiazole rings is 1. The summed E-state index contributed by atoms with van der Waals surface area (Å²) in [5.41, 5.74) is 4.63. The number of carbonyl (C=O) groups is 2. The van der Waals surface area contributed by atoms with Crippen LogP contribution in [0.2, 0.25) is 0 Å². The first-order valence-electron chi connectivity index (χ1n) is 8.81. The summed E-state index contributed by atoms with van der Waals surface area (Å²) >= 11 is 1.47. The lowest BCUT2D eigenvalue weighted by Crippen LogP contribution is -2.35. The summed E-state index contributed by atoms with van der Waals surface area (Å²) in [6, 6.07) is 14.0. The standard InChI is InChI=1S/C20H20N4O4S/c1-12(14-6-5-7-15(10-14)28-11-18(25)26)23-24-19(27)13(2)21-20-22-16-8-3-4-9-17(16)29-20/h3-10,13H,11H2,1-2H3,(H,21,22)(H,24,27)(H,25,26)/p-1/b23-12-/t13-/m0/s1. The number of para-hydroxylation sites is 1. The molecule has 0 unspecified atom stereocenters. The normalized spacial score (nSPS) is 12.4. The van der Waals surface area contributed by atoms with Crippen molar-refractivity contribution in [1.82, 2.24) is 10.4 Å². The van der Waals surface area contributed by atoms with E-state index in [1.54, 1.807) is 38.1 Å². The molecule has 2 aromatic carbocycles. The van der Waals surface area contributed by atoms with Crippen LogP contribution in [0.5, 0.6) is 5.75 Å². The Morgan fingerprint density at radius 1 is 1.24 bits per heavy atom. The lowest BCUT2D eigenvalue weighted by molar-refractivity contribution is -0.307. The number of aliphatic carboxylic acids is 1. The summed E-state index contributed by atoms with van der Waals surface area (Å²) in [7, 11) is 0. The first-order valence-corrected chi connectivity index (χ1v) is 9.63. The second-order valence-corrected chi connectivity index (χ2v) is 7.25. The Kier molecular flexibility index (Phi) is 6.40. The number of anilines is 1. The van der Waals surface area contributed by atoms with Crippen molar-refractivity contribution in [3.63, 3.8) is 0 Å². The number of rotatable bonds is 8. The van der Waals surface area contributed by atoms with Gasteiger partial charge in [-0.2, -0.15) is 5.10 Å². The zero-order valence-electron chi connectivity index (χ0n) is 15.8. The molecule has 3 aromatic rings. The fourth-order valence-electron chi connectivity index (χ4n) is 2.44. The number of hydrogen-bond donors (Lipinski definition) is 2. The van der Waals surface area contributed by atoms with Gasteiger partial charge in [0.15, 0.2) is 5.13 Å². The Labute approximate surface area is 171 Å². The van der Waals surface area contributed by atoms with Crippen molar-refractivity contribution < 1.29 is 19.4 Å². The Bertz CT molecular complexity index is 1030. The van der Waals surface area contributed by atoms with Crippen LogP contribution in [0, 0.1) is 0 Å². The number of hydrazone groups is 1. The van der Waals surface area contributed by atoms with E-state index < -0.39 is 18.6 Å². The fraction of sp³-hybridized carbons (Fsp3) is 0.200. The monoisotopic (exact) mass is 411 g/mol. The minimum atomic E-state index is -1.30. The van der Waals surface area contributed by atoms with Gasteiger partial charge in [0.05, 0.1) is 21.9 Å². The van der Waals surface area contributed by atoms with Crippen molar-refractivity contribution in [1.29, 1.82) is 0 Å². The first kappa shape index (κ1) is 20.3. The topological polar surface area (TPSA) is 116 Å². The molecular weight excluding hydrogens is 392 g/mol. The van der Waals surface area contributed by atoms with Crippen LogP contribution in [-0.2, 0) is 9.59 Å². The average molecular weight is 411 g/mol. The molecule has 150 valence electrons. The predicted molar refractivity (Wildman–Crippen MR) is 110 cm³/mol. The number of carboxylic acids is 1. The molecule has 0 aliphatic carbocycles. The molecule has 0 fully saturated rings. The molecule has 0 bridgehead atoms. The number of aromatic nitrogens is 1. The lowest BCUT2D eigenvalue weighted by atomic mass is 10.1. The lowest BCUT2D eigenvalue weighted by Gasteiger charge is -2.11. The Morgan fingerprint density at radius 3 is 2.79 bits per heavy atom. The number of benzene rings is 2. The molecule has 29 heavy (non-hydrogen) atoms. The van der Waals surface area contributed by atoms with E-state index in [1.165, 1.54) is 11.3 Å². The van der Waals surface area contributed by atoms with Crippen LogP contribution in [0.25, 0.3) is 10.2 Å². The quantitative estimate of drug-likeness (QED) is 0.431. The van der Waals surface area contributed by atoms with E-state index in [1.807, 2.05) is 24.3 Å². The third-order valence-corrected chi connectivity index (χ3v) is 4.94. The summed E-state index contributed by atoms with van der Waals surface area (Å²) in [4.78, 5) is 27.3. The van der Waals surface area contributed by atoms with Crippen LogP contribution < -0.4 is 20.6 Å². The Hall–Kier alpha value is -3.46. The van der Waals surface area contributed by atoms with Crippen molar-refractivity contribution in [2.45, 2.75) is 19.9 Å². The van der Waals surface area contributed by atoms with E-state index in [9.17, 15) is 14.7 Å². The zero-order valence-corrected chi connectivity index (χ0v) is 16.7. The van der Waals surface area contributed by atoms with E-state index >= 15 is 0 Å². The van der Waals surface area contributed by atoms with E-state index in [2.05, 4.69) is 20.8 Å². The van der Waals surface area contributed by atoms with E-state index in [4.69, 9.17) is 4.74 Å². The van der Waals surface area contributed by atoms with Gasteiger partial charge in [-0.15, -0.1) is 0 Å². The molecule has 1 aromatic heterocycles. The number of ether oxygens (including phenoxy) is 1. The molecule has 1 amide bonds. The highest BCUT2D eigenvalue weighted by Crippen LogP contribution is 2.25. The maximum Gasteiger partial charge on any atom is 0.262 e. The first-order chi connectivity index (χ1) is 13.9. The van der Waals surface area contributed by atoms with Crippen LogP contribution in [0.4, 0.5) is 5.13 Å². The fourth-order valence-corrected chi connectivity index (χ4v) is 3.39. The molecule has 0 saturated heterocycles. The second-order valence-electron chi connectivity index (χ2n) is 6.21. The molecule has 0 aliphatic heterocycles. The smallest absolute Gasteiger partial charge is 0.262 e. The van der Waals surface area contributed by atoms with Crippen molar-refractivity contribution >= 4 is 44.3 Å². The van der Waals surface area contributed by atoms with Crippen LogP contribution in [0.15, 0.2) is 53.6 Å². The van der Waals surface area contributed by atoms with Gasteiger partial charge in [0.25, 0.3) is 5.91 Å². The third-order valence-electron chi connectivity index (χ3n) is 3.97. The van der Waals surface area contributed by atoms with Crippen LogP contribution >= 0.6 is 11.3 Å². The predicted octanol–water partition coefficient (Wildman–Crippen LogP) is 1.77. The van der Waals surface area contributed by atoms with Gasteiger partial charge in [0, 0.05) is 5.56 Å². The van der Waals surface area contributed by atoms with Gasteiger partial charge in [0.1, 0.15) is 18.4 Å². The van der Waals surface area contributed by atoms with Crippen molar-refractivity contribution in [2.75, 3.05) is 11.9 Å². The summed E-state index contributed by atoms with van der Waals surface area (Å²) in [6.45, 7) is 2.91. The number of fused-ring (bicyclic) bond motifs is 1. The Morgan fingerprint density at radius 2 is 2.03 bits per heavy atom. The third kappa shape index (κ3) is 5.52. The van der Waals surface area contributed by atoms with Gasteiger partial charge in [0.2, 0.25) is 0 Å². The SMILES string of the molecule is C/C(=N/NC(=O)[C@H](C)Nc1nc2ccccc2s1)c1cccc(OCC(=O)[O-])c1. The number of nitrogens with one attached hydrogen (secondary N) is 2. The van der Waals surface area contributed by atoms with Gasteiger partial charge in [-0.1, -0.05) is 35.6 Å². The number of nitrogens with zero attached hydrogens (tertiary/aromatic N) is 2. The minimum absolute atomic E-state index is 0.312. The maximum atomic E-state index is 12.3. The Balaban J connectivity index is 1.60. The molecular formula is C20H19N4O4S-. The summed E-state index contributed by atoms with van der Waals surface area (Å²) in [5, 5.41) is 18.3. The molecule has 0 spiro atoms. The molecule has 0 saturated carbocycles. The summed E-state index contributed by atoms with van der Waals surface area (Å²) < 4.78 is 6.13. The zero-order chi connectivity index (χ0) is 20.8. The van der Waals surface area contributed by atoms with E-state index in [0.29, 0.717) is 22.2 Å². The molecule has 3 rings (SSSR count). The van der Waals surface area contributed by atoms with Gasteiger partial charge in [-0.25, -0.2) is 10.4 Å². The van der Waals surface area contributed by atoms with Gasteiger partial charge in [-0.3, -0.25) is 4.79 Å². The minimum Gasteiger partial charge on any atom is -0.546 e. The molecule has 1 atom stereocenters. The highest BCUT2D eigenvalue weighted by atomic mass is 32.1. The number of hydrogen-bond acceptors (Lipinski definition) is 8. The van der Waals surface area contributed by atoms with Gasteiger partial charge >= 0.3 is 0 Å². The van der Waals surface area contributed by atoms with E-state index in [0.717, 1.165) is 10.2 Å². The van der Waals surface area contributed by atoms with Crippen LogP contribution in [0.3, 0.4) is 0 Å². The van der Waals surface area contributed by atoms with Crippen molar-refractivity contribution in [2.24, 2.45) is 5.10 Å². The van der Waals surface area contributed by atoms with Gasteiger partial charge in [-0.05, 0) is 38.1 Å². The molecule has 8 nitrogen and oxygen atoms in total. The number of carboxylic acid groups (broad SMARTS) is 1. The maximum absolute atomic E-state index is 12.3. The van der Waals surface area contributed by atoms with Crippen molar-refractivity contribution in [3.8, 4) is 5.75 Å². The second kappa shape index (κ2) is 9.16. The molecule has 1 heterocycles. The van der Waals surface area contributed by atoms with Gasteiger partial charge < -0.3 is 20.0 Å². The number of amides is 1. The summed E-state index contributed by atoms with van der Waals surface area (Å²) in [6.07, 6.45) is 0.